The Balaban J connectivity index is 2.56. The number of carbonyl (C=O) groups is 1. The van der Waals surface area contributed by atoms with Gasteiger partial charge in [0.05, 0.1) is 25.0 Å². The van der Waals surface area contributed by atoms with E-state index >= 15 is 0 Å². The molecule has 0 saturated heterocycles. The summed E-state index contributed by atoms with van der Waals surface area (Å²) < 4.78 is 5.03. The van der Waals surface area contributed by atoms with Gasteiger partial charge in [0.1, 0.15) is 11.5 Å². The number of aromatic nitrogens is 2. The van der Waals surface area contributed by atoms with E-state index in [-0.39, 0.29) is 11.9 Å². The van der Waals surface area contributed by atoms with Crippen LogP contribution < -0.4 is 10.6 Å². The lowest BCUT2D eigenvalue weighted by molar-refractivity contribution is 0.0889. The van der Waals surface area contributed by atoms with E-state index in [0.29, 0.717) is 18.1 Å². The van der Waals surface area contributed by atoms with E-state index < -0.39 is 0 Å². The first kappa shape index (κ1) is 15.4. The number of rotatable bonds is 8. The van der Waals surface area contributed by atoms with E-state index in [1.54, 1.807) is 13.3 Å². The normalized spacial score (nSPS) is 11.9. The summed E-state index contributed by atoms with van der Waals surface area (Å²) in [5.74, 6) is 0.459. The Morgan fingerprint density at radius 3 is 2.68 bits per heavy atom. The lowest BCUT2D eigenvalue weighted by atomic mass is 10.2. The summed E-state index contributed by atoms with van der Waals surface area (Å²) in [6, 6.07) is -0.00260. The maximum absolute atomic E-state index is 11.9. The number of methoxy groups -OCH3 is 1. The predicted molar refractivity (Wildman–Crippen MR) is 74.2 cm³/mol. The molecule has 0 aliphatic heterocycles. The quantitative estimate of drug-likeness (QED) is 0.745. The zero-order valence-electron chi connectivity index (χ0n) is 11.8. The average Bonchev–Trinajstić information content (AvgIpc) is 2.45. The topological polar surface area (TPSA) is 76.1 Å². The van der Waals surface area contributed by atoms with Crippen molar-refractivity contribution in [3.05, 3.63) is 18.1 Å². The number of hydrogen-bond donors (Lipinski definition) is 2. The van der Waals surface area contributed by atoms with E-state index in [0.717, 1.165) is 19.4 Å². The number of ether oxygens (including phenoxy) is 1. The first-order valence-electron chi connectivity index (χ1n) is 6.56. The molecule has 1 aromatic rings. The van der Waals surface area contributed by atoms with Crippen molar-refractivity contribution in [2.24, 2.45) is 0 Å². The molecule has 1 aromatic heterocycles. The second kappa shape index (κ2) is 8.42. The molecule has 6 nitrogen and oxygen atoms in total. The predicted octanol–water partition coefficient (Wildman–Crippen LogP) is 1.45. The van der Waals surface area contributed by atoms with Crippen LogP contribution in [-0.2, 0) is 4.74 Å². The summed E-state index contributed by atoms with van der Waals surface area (Å²) >= 11 is 0. The highest BCUT2D eigenvalue weighted by molar-refractivity contribution is 5.92. The van der Waals surface area contributed by atoms with Crippen LogP contribution in [0, 0.1) is 0 Å². The largest absolute Gasteiger partial charge is 0.383 e. The number of carbonyl (C=O) groups excluding carboxylic acids is 1. The first-order valence-corrected chi connectivity index (χ1v) is 6.56. The fourth-order valence-electron chi connectivity index (χ4n) is 1.51. The van der Waals surface area contributed by atoms with E-state index in [1.165, 1.54) is 6.20 Å². The molecule has 6 heteroatoms. The summed E-state index contributed by atoms with van der Waals surface area (Å²) in [4.78, 5) is 20.2. The third-order valence-electron chi connectivity index (χ3n) is 2.64. The van der Waals surface area contributed by atoms with Crippen molar-refractivity contribution in [3.8, 4) is 0 Å². The third-order valence-corrected chi connectivity index (χ3v) is 2.64. The molecule has 0 aliphatic rings. The first-order chi connectivity index (χ1) is 9.21. The van der Waals surface area contributed by atoms with E-state index in [2.05, 4.69) is 27.5 Å². The van der Waals surface area contributed by atoms with E-state index in [4.69, 9.17) is 4.74 Å². The summed E-state index contributed by atoms with van der Waals surface area (Å²) in [6.07, 6.45) is 4.87. The SMILES string of the molecule is CCCNc1cnc(C(=O)NC(CC)COC)cn1. The van der Waals surface area contributed by atoms with Crippen LogP contribution in [-0.4, -0.2) is 42.2 Å². The molecular formula is C13H22N4O2. The minimum atomic E-state index is -0.224. The molecule has 1 heterocycles. The van der Waals surface area contributed by atoms with Gasteiger partial charge in [-0.1, -0.05) is 13.8 Å². The maximum atomic E-state index is 11.9. The highest BCUT2D eigenvalue weighted by Gasteiger charge is 2.13. The Hall–Kier alpha value is -1.69. The van der Waals surface area contributed by atoms with E-state index in [1.807, 2.05) is 6.92 Å². The van der Waals surface area contributed by atoms with Gasteiger partial charge in [0, 0.05) is 13.7 Å². The number of nitrogens with zero attached hydrogens (tertiary/aromatic N) is 2. The van der Waals surface area contributed by atoms with Gasteiger partial charge >= 0.3 is 0 Å². The van der Waals surface area contributed by atoms with Crippen LogP contribution >= 0.6 is 0 Å². The van der Waals surface area contributed by atoms with Crippen LogP contribution in [0.4, 0.5) is 5.82 Å². The second-order valence-electron chi connectivity index (χ2n) is 4.25. The monoisotopic (exact) mass is 266 g/mol. The van der Waals surface area contributed by atoms with Crippen molar-refractivity contribution in [1.82, 2.24) is 15.3 Å². The van der Waals surface area contributed by atoms with Gasteiger partial charge in [0.25, 0.3) is 5.91 Å². The van der Waals surface area contributed by atoms with Crippen molar-refractivity contribution in [2.75, 3.05) is 25.6 Å². The molecule has 0 aromatic carbocycles. The van der Waals surface area contributed by atoms with E-state index in [9.17, 15) is 4.79 Å². The Kier molecular flexibility index (Phi) is 6.81. The van der Waals surface area contributed by atoms with Crippen molar-refractivity contribution in [3.63, 3.8) is 0 Å². The molecular weight excluding hydrogens is 244 g/mol. The Bertz CT molecular complexity index is 381. The zero-order chi connectivity index (χ0) is 14.1. The molecule has 1 rings (SSSR count). The van der Waals surface area contributed by atoms with Gasteiger partial charge in [0.2, 0.25) is 0 Å². The lowest BCUT2D eigenvalue weighted by Crippen LogP contribution is -2.37. The van der Waals surface area contributed by atoms with Gasteiger partial charge in [-0.2, -0.15) is 0 Å². The van der Waals surface area contributed by atoms with Crippen molar-refractivity contribution < 1.29 is 9.53 Å². The van der Waals surface area contributed by atoms with Crippen LogP contribution in [0.2, 0.25) is 0 Å². The van der Waals surface area contributed by atoms with Gasteiger partial charge in [-0.25, -0.2) is 9.97 Å². The molecule has 0 saturated carbocycles. The molecule has 1 amide bonds. The maximum Gasteiger partial charge on any atom is 0.271 e. The minimum Gasteiger partial charge on any atom is -0.383 e. The molecule has 19 heavy (non-hydrogen) atoms. The summed E-state index contributed by atoms with van der Waals surface area (Å²) in [5, 5.41) is 5.97. The molecule has 0 aliphatic carbocycles. The molecule has 0 bridgehead atoms. The van der Waals surface area contributed by atoms with Crippen LogP contribution in [0.15, 0.2) is 12.4 Å². The zero-order valence-corrected chi connectivity index (χ0v) is 11.8. The fraction of sp³-hybridized carbons (Fsp3) is 0.615. The fourth-order valence-corrected chi connectivity index (χ4v) is 1.51. The van der Waals surface area contributed by atoms with Gasteiger partial charge in [-0.15, -0.1) is 0 Å². The third kappa shape index (κ3) is 5.21. The molecule has 0 radical (unpaired) electrons. The van der Waals surface area contributed by atoms with Crippen molar-refractivity contribution in [1.29, 1.82) is 0 Å². The molecule has 106 valence electrons. The van der Waals surface area contributed by atoms with Crippen LogP contribution in [0.3, 0.4) is 0 Å². The molecule has 0 fully saturated rings. The van der Waals surface area contributed by atoms with Gasteiger partial charge in [0.15, 0.2) is 0 Å². The standard InChI is InChI=1S/C13H22N4O2/c1-4-6-14-12-8-15-11(7-16-12)13(18)17-10(5-2)9-19-3/h7-8,10H,4-6,9H2,1-3H3,(H,14,16)(H,17,18). The molecule has 1 atom stereocenters. The summed E-state index contributed by atoms with van der Waals surface area (Å²) in [7, 11) is 1.61. The Morgan fingerprint density at radius 1 is 1.37 bits per heavy atom. The summed E-state index contributed by atoms with van der Waals surface area (Å²) in [5.41, 5.74) is 0.316. The molecule has 0 spiro atoms. The average molecular weight is 266 g/mol. The second-order valence-corrected chi connectivity index (χ2v) is 4.25. The van der Waals surface area contributed by atoms with Crippen molar-refractivity contribution in [2.45, 2.75) is 32.7 Å². The van der Waals surface area contributed by atoms with Crippen LogP contribution in [0.25, 0.3) is 0 Å². The molecule has 2 N–H and O–H groups in total. The lowest BCUT2D eigenvalue weighted by Gasteiger charge is -2.15. The van der Waals surface area contributed by atoms with Crippen LogP contribution in [0.5, 0.6) is 0 Å². The van der Waals surface area contributed by atoms with Gasteiger partial charge in [-0.05, 0) is 12.8 Å². The smallest absolute Gasteiger partial charge is 0.271 e. The number of anilines is 1. The Morgan fingerprint density at radius 2 is 2.16 bits per heavy atom. The van der Waals surface area contributed by atoms with Crippen molar-refractivity contribution >= 4 is 11.7 Å². The highest BCUT2D eigenvalue weighted by Crippen LogP contribution is 2.02. The molecule has 1 unspecified atom stereocenters. The Labute approximate surface area is 114 Å². The van der Waals surface area contributed by atoms with Gasteiger partial charge < -0.3 is 15.4 Å². The highest BCUT2D eigenvalue weighted by atomic mass is 16.5. The van der Waals surface area contributed by atoms with Gasteiger partial charge in [-0.3, -0.25) is 4.79 Å². The minimum absolute atomic E-state index is 0.00260. The number of hydrogen-bond acceptors (Lipinski definition) is 5. The van der Waals surface area contributed by atoms with Crippen LogP contribution in [0.1, 0.15) is 37.2 Å². The number of nitrogens with one attached hydrogen (secondary N) is 2. The summed E-state index contributed by atoms with van der Waals surface area (Å²) in [6.45, 7) is 5.40. The number of amides is 1.